The fourth-order valence-corrected chi connectivity index (χ4v) is 3.44. The molecule has 140 valence electrons. The van der Waals surface area contributed by atoms with E-state index in [0.29, 0.717) is 38.7 Å². The number of pyridine rings is 1. The average molecular weight is 400 g/mol. The molecule has 5 aromatic rings. The summed E-state index contributed by atoms with van der Waals surface area (Å²) < 4.78 is 11.5. The second kappa shape index (κ2) is 7.08. The van der Waals surface area contributed by atoms with Crippen molar-refractivity contribution in [2.24, 2.45) is 0 Å². The third-order valence-electron chi connectivity index (χ3n) is 4.65. The first-order valence-electron chi connectivity index (χ1n) is 9.04. The minimum absolute atomic E-state index is 0.311. The number of carbonyl (C=O) groups is 1. The van der Waals surface area contributed by atoms with Gasteiger partial charge in [-0.05, 0) is 36.4 Å². The second-order valence-electron chi connectivity index (χ2n) is 6.54. The van der Waals surface area contributed by atoms with Crippen molar-refractivity contribution in [3.8, 4) is 17.2 Å². The Kier molecular flexibility index (Phi) is 4.26. The third-order valence-corrected chi connectivity index (χ3v) is 4.97. The van der Waals surface area contributed by atoms with Gasteiger partial charge in [-0.15, -0.1) is 0 Å². The molecule has 0 aliphatic carbocycles. The molecule has 0 spiro atoms. The molecule has 0 atom stereocenters. The van der Waals surface area contributed by atoms with E-state index in [0.717, 1.165) is 11.0 Å². The van der Waals surface area contributed by atoms with Crippen LogP contribution in [0.3, 0.4) is 0 Å². The minimum atomic E-state index is -0.505. The van der Waals surface area contributed by atoms with E-state index in [-0.39, 0.29) is 0 Å². The maximum Gasteiger partial charge on any atom is 0.344 e. The number of aromatic nitrogens is 1. The lowest BCUT2D eigenvalue weighted by atomic mass is 10.1. The lowest BCUT2D eigenvalue weighted by molar-refractivity contribution is 0.0737. The third kappa shape index (κ3) is 3.24. The molecule has 0 unspecified atom stereocenters. The Balaban J connectivity index is 1.64. The van der Waals surface area contributed by atoms with Crippen molar-refractivity contribution in [2.45, 2.75) is 0 Å². The molecule has 0 fully saturated rings. The molecule has 5 heteroatoms. The van der Waals surface area contributed by atoms with Crippen molar-refractivity contribution in [3.63, 3.8) is 0 Å². The van der Waals surface area contributed by atoms with Gasteiger partial charge in [0.15, 0.2) is 5.76 Å². The molecule has 29 heavy (non-hydrogen) atoms. The van der Waals surface area contributed by atoms with Crippen LogP contribution in [0.5, 0.6) is 5.75 Å². The Labute approximate surface area is 171 Å². The van der Waals surface area contributed by atoms with Gasteiger partial charge in [-0.2, -0.15) is 0 Å². The molecule has 0 bridgehead atoms. The molecule has 4 nitrogen and oxygen atoms in total. The van der Waals surface area contributed by atoms with E-state index < -0.39 is 5.97 Å². The molecular formula is C24H14ClNO3. The predicted molar refractivity (Wildman–Crippen MR) is 113 cm³/mol. The number of fused-ring (bicyclic) bond motifs is 2. The molecule has 0 amide bonds. The number of carbonyl (C=O) groups excluding carboxylic acids is 1. The Bertz CT molecular complexity index is 1340. The number of para-hydroxylation sites is 3. The largest absolute Gasteiger partial charge is 0.454 e. The summed E-state index contributed by atoms with van der Waals surface area (Å²) in [5.74, 6) is 0.392. The van der Waals surface area contributed by atoms with Gasteiger partial charge >= 0.3 is 5.97 Å². The van der Waals surface area contributed by atoms with Crippen LogP contribution in [0.25, 0.3) is 33.3 Å². The van der Waals surface area contributed by atoms with Gasteiger partial charge in [-0.1, -0.05) is 60.1 Å². The van der Waals surface area contributed by atoms with Crippen molar-refractivity contribution in [1.82, 2.24) is 4.98 Å². The topological polar surface area (TPSA) is 52.3 Å². The zero-order valence-electron chi connectivity index (χ0n) is 15.1. The van der Waals surface area contributed by atoms with E-state index in [1.807, 2.05) is 54.6 Å². The number of nitrogens with zero attached hydrogens (tertiary/aromatic N) is 1. The van der Waals surface area contributed by atoms with Gasteiger partial charge in [0.1, 0.15) is 17.0 Å². The standard InChI is InChI=1S/C24H14ClNO3/c25-18-9-3-6-12-22(18)29-24(27)17-14-20(26-19-10-4-2-8-16(17)19)23-13-15-7-1-5-11-21(15)28-23/h1-14H. The number of hydrogen-bond acceptors (Lipinski definition) is 4. The Morgan fingerprint density at radius 1 is 0.897 bits per heavy atom. The minimum Gasteiger partial charge on any atom is -0.454 e. The predicted octanol–water partition coefficient (Wildman–Crippen LogP) is 6.52. The van der Waals surface area contributed by atoms with E-state index >= 15 is 0 Å². The molecule has 3 aromatic carbocycles. The Hall–Kier alpha value is -3.63. The molecule has 0 aliphatic rings. The molecule has 2 heterocycles. The Morgan fingerprint density at radius 3 is 2.52 bits per heavy atom. The van der Waals surface area contributed by atoms with Crippen molar-refractivity contribution in [3.05, 3.63) is 95.5 Å². The van der Waals surface area contributed by atoms with Crippen LogP contribution in [0.15, 0.2) is 89.3 Å². The van der Waals surface area contributed by atoms with Gasteiger partial charge in [0, 0.05) is 10.8 Å². The summed E-state index contributed by atoms with van der Waals surface area (Å²) >= 11 is 6.14. The van der Waals surface area contributed by atoms with Crippen LogP contribution in [0.4, 0.5) is 0 Å². The zero-order chi connectivity index (χ0) is 19.8. The number of esters is 1. The van der Waals surface area contributed by atoms with Crippen LogP contribution in [0.2, 0.25) is 5.02 Å². The molecule has 0 radical (unpaired) electrons. The SMILES string of the molecule is O=C(Oc1ccccc1Cl)c1cc(-c2cc3ccccc3o2)nc2ccccc12. The van der Waals surface area contributed by atoms with Gasteiger partial charge < -0.3 is 9.15 Å². The van der Waals surface area contributed by atoms with Crippen LogP contribution in [-0.2, 0) is 0 Å². The van der Waals surface area contributed by atoms with Gasteiger partial charge in [0.2, 0.25) is 0 Å². The summed E-state index contributed by atoms with van der Waals surface area (Å²) in [6.07, 6.45) is 0. The fraction of sp³-hybridized carbons (Fsp3) is 0. The maximum atomic E-state index is 13.0. The maximum absolute atomic E-state index is 13.0. The van der Waals surface area contributed by atoms with E-state index in [9.17, 15) is 4.79 Å². The molecule has 5 rings (SSSR count). The van der Waals surface area contributed by atoms with Crippen LogP contribution < -0.4 is 4.74 Å². The summed E-state index contributed by atoms with van der Waals surface area (Å²) in [4.78, 5) is 17.7. The number of benzene rings is 3. The number of hydrogen-bond donors (Lipinski definition) is 0. The lowest BCUT2D eigenvalue weighted by Gasteiger charge is -2.09. The zero-order valence-corrected chi connectivity index (χ0v) is 15.9. The first-order chi connectivity index (χ1) is 14.2. The summed E-state index contributed by atoms with van der Waals surface area (Å²) in [5, 5.41) is 2.04. The molecule has 0 saturated heterocycles. The first kappa shape index (κ1) is 17.5. The fourth-order valence-electron chi connectivity index (χ4n) is 3.26. The highest BCUT2D eigenvalue weighted by atomic mass is 35.5. The van der Waals surface area contributed by atoms with Crippen LogP contribution in [0, 0.1) is 0 Å². The lowest BCUT2D eigenvalue weighted by Crippen LogP contribution is -2.10. The van der Waals surface area contributed by atoms with E-state index in [4.69, 9.17) is 20.8 Å². The van der Waals surface area contributed by atoms with Gasteiger partial charge in [0.25, 0.3) is 0 Å². The second-order valence-corrected chi connectivity index (χ2v) is 6.95. The summed E-state index contributed by atoms with van der Waals surface area (Å²) in [6.45, 7) is 0. The van der Waals surface area contributed by atoms with Gasteiger partial charge in [-0.25, -0.2) is 9.78 Å². The molecule has 2 aromatic heterocycles. The van der Waals surface area contributed by atoms with Gasteiger partial charge in [0.05, 0.1) is 16.1 Å². The molecule has 0 N–H and O–H groups in total. The van der Waals surface area contributed by atoms with Crippen LogP contribution in [0.1, 0.15) is 10.4 Å². The van der Waals surface area contributed by atoms with E-state index in [1.54, 1.807) is 30.3 Å². The van der Waals surface area contributed by atoms with E-state index in [1.165, 1.54) is 0 Å². The highest BCUT2D eigenvalue weighted by Crippen LogP contribution is 2.31. The first-order valence-corrected chi connectivity index (χ1v) is 9.42. The smallest absolute Gasteiger partial charge is 0.344 e. The highest BCUT2D eigenvalue weighted by molar-refractivity contribution is 6.32. The molecular weight excluding hydrogens is 386 g/mol. The average Bonchev–Trinajstić information content (AvgIpc) is 3.19. The molecule has 0 saturated carbocycles. The van der Waals surface area contributed by atoms with E-state index in [2.05, 4.69) is 4.98 Å². The monoisotopic (exact) mass is 399 g/mol. The van der Waals surface area contributed by atoms with Crippen molar-refractivity contribution in [1.29, 1.82) is 0 Å². The number of rotatable bonds is 3. The quantitative estimate of drug-likeness (QED) is 0.256. The Morgan fingerprint density at radius 2 is 1.66 bits per heavy atom. The normalized spacial score (nSPS) is 11.1. The number of ether oxygens (including phenoxy) is 1. The number of furan rings is 1. The van der Waals surface area contributed by atoms with Crippen molar-refractivity contribution in [2.75, 3.05) is 0 Å². The van der Waals surface area contributed by atoms with Crippen molar-refractivity contribution >= 4 is 39.4 Å². The molecule has 0 aliphatic heterocycles. The highest BCUT2D eigenvalue weighted by Gasteiger charge is 2.18. The summed E-state index contributed by atoms with van der Waals surface area (Å²) in [5.41, 5.74) is 2.39. The summed E-state index contributed by atoms with van der Waals surface area (Å²) in [6, 6.07) is 25.6. The van der Waals surface area contributed by atoms with Crippen LogP contribution in [-0.4, -0.2) is 11.0 Å². The summed E-state index contributed by atoms with van der Waals surface area (Å²) in [7, 11) is 0. The number of halogens is 1. The van der Waals surface area contributed by atoms with Crippen molar-refractivity contribution < 1.29 is 13.9 Å². The van der Waals surface area contributed by atoms with Crippen LogP contribution >= 0.6 is 11.6 Å². The van der Waals surface area contributed by atoms with Gasteiger partial charge in [-0.3, -0.25) is 0 Å².